The Balaban J connectivity index is 3.58. The number of carbonyl (C=O) groups is 1. The molecule has 0 saturated heterocycles. The van der Waals surface area contributed by atoms with Crippen molar-refractivity contribution in [3.05, 3.63) is 32.0 Å². The van der Waals surface area contributed by atoms with Crippen LogP contribution in [0.15, 0.2) is 10.5 Å². The third-order valence-corrected chi connectivity index (χ3v) is 2.29. The molecule has 0 radical (unpaired) electrons. The zero-order valence-electron chi connectivity index (χ0n) is 7.49. The number of nitrogens with zero attached hydrogens (tertiary/aromatic N) is 1. The van der Waals surface area contributed by atoms with Crippen LogP contribution >= 0.6 is 15.9 Å². The lowest BCUT2D eigenvalue weighted by atomic mass is 10.2. The number of halogens is 2. The molecule has 1 aromatic carbocycles. The highest BCUT2D eigenvalue weighted by atomic mass is 79.9. The Morgan fingerprint density at radius 3 is 2.67 bits per heavy atom. The van der Waals surface area contributed by atoms with Crippen molar-refractivity contribution in [1.82, 2.24) is 0 Å². The maximum atomic E-state index is 13.4. The van der Waals surface area contributed by atoms with Crippen molar-refractivity contribution in [2.24, 2.45) is 0 Å². The van der Waals surface area contributed by atoms with Crippen molar-refractivity contribution < 1.29 is 18.8 Å². The highest BCUT2D eigenvalue weighted by Gasteiger charge is 2.24. The molecule has 1 aromatic rings. The van der Waals surface area contributed by atoms with Gasteiger partial charge in [0.1, 0.15) is 11.3 Å². The zero-order chi connectivity index (χ0) is 11.6. The van der Waals surface area contributed by atoms with Gasteiger partial charge in [0.15, 0.2) is 6.29 Å². The summed E-state index contributed by atoms with van der Waals surface area (Å²) < 4.78 is 18.3. The second-order valence-corrected chi connectivity index (χ2v) is 3.37. The van der Waals surface area contributed by atoms with Crippen LogP contribution in [0.1, 0.15) is 10.4 Å². The molecule has 0 amide bonds. The van der Waals surface area contributed by atoms with E-state index in [0.29, 0.717) is 0 Å². The van der Waals surface area contributed by atoms with Crippen LogP contribution in [0.2, 0.25) is 0 Å². The molecular weight excluding hydrogens is 273 g/mol. The summed E-state index contributed by atoms with van der Waals surface area (Å²) in [6.45, 7) is 0. The molecule has 0 saturated carbocycles. The van der Waals surface area contributed by atoms with E-state index < -0.39 is 22.0 Å². The third kappa shape index (κ3) is 1.96. The average molecular weight is 278 g/mol. The lowest BCUT2D eigenvalue weighted by Gasteiger charge is -2.06. The van der Waals surface area contributed by atoms with Gasteiger partial charge in [-0.05, 0) is 15.9 Å². The largest absolute Gasteiger partial charge is 0.495 e. The molecule has 0 aliphatic carbocycles. The van der Waals surface area contributed by atoms with Crippen molar-refractivity contribution in [1.29, 1.82) is 0 Å². The summed E-state index contributed by atoms with van der Waals surface area (Å²) in [6.07, 6.45) is 0.173. The highest BCUT2D eigenvalue weighted by molar-refractivity contribution is 9.10. The zero-order valence-corrected chi connectivity index (χ0v) is 9.08. The van der Waals surface area contributed by atoms with Crippen molar-refractivity contribution in [2.75, 3.05) is 7.11 Å². The van der Waals surface area contributed by atoms with Gasteiger partial charge >= 0.3 is 5.69 Å². The number of nitro benzene ring substituents is 1. The van der Waals surface area contributed by atoms with Crippen LogP contribution in [0, 0.1) is 15.9 Å². The van der Waals surface area contributed by atoms with E-state index in [4.69, 9.17) is 4.74 Å². The topological polar surface area (TPSA) is 69.4 Å². The summed E-state index contributed by atoms with van der Waals surface area (Å²) in [6, 6.07) is 0.946. The van der Waals surface area contributed by atoms with Gasteiger partial charge in [-0.25, -0.2) is 0 Å². The Kier molecular flexibility index (Phi) is 3.35. The van der Waals surface area contributed by atoms with Gasteiger partial charge in [-0.15, -0.1) is 0 Å². The monoisotopic (exact) mass is 277 g/mol. The van der Waals surface area contributed by atoms with Crippen LogP contribution in [0.25, 0.3) is 0 Å². The number of ether oxygens (including phenoxy) is 1. The van der Waals surface area contributed by atoms with Gasteiger partial charge < -0.3 is 4.74 Å². The molecule has 0 atom stereocenters. The van der Waals surface area contributed by atoms with E-state index in [0.717, 1.165) is 6.07 Å². The minimum atomic E-state index is -1.20. The van der Waals surface area contributed by atoms with Gasteiger partial charge in [0.05, 0.1) is 16.5 Å². The Labute approximate surface area is 92.1 Å². The highest BCUT2D eigenvalue weighted by Crippen LogP contribution is 2.35. The molecule has 5 nitrogen and oxygen atoms in total. The maximum Gasteiger partial charge on any atom is 0.306 e. The van der Waals surface area contributed by atoms with Gasteiger partial charge in [0.25, 0.3) is 0 Å². The molecule has 0 aliphatic rings. The van der Waals surface area contributed by atoms with Crippen LogP contribution in [0.3, 0.4) is 0 Å². The summed E-state index contributed by atoms with van der Waals surface area (Å²) in [5.41, 5.74) is -1.25. The van der Waals surface area contributed by atoms with E-state index >= 15 is 0 Å². The van der Waals surface area contributed by atoms with E-state index in [-0.39, 0.29) is 16.5 Å². The lowest BCUT2D eigenvalue weighted by Crippen LogP contribution is -2.01. The van der Waals surface area contributed by atoms with E-state index in [1.165, 1.54) is 7.11 Å². The second-order valence-electron chi connectivity index (χ2n) is 2.51. The maximum absolute atomic E-state index is 13.4. The van der Waals surface area contributed by atoms with Crippen LogP contribution in [0.5, 0.6) is 5.75 Å². The van der Waals surface area contributed by atoms with Gasteiger partial charge in [-0.3, -0.25) is 14.9 Å². The predicted octanol–water partition coefficient (Wildman–Crippen LogP) is 2.32. The number of methoxy groups -OCH3 is 1. The van der Waals surface area contributed by atoms with Gasteiger partial charge in [0.2, 0.25) is 5.82 Å². The number of benzene rings is 1. The Morgan fingerprint density at radius 2 is 2.27 bits per heavy atom. The summed E-state index contributed by atoms with van der Waals surface area (Å²) >= 11 is 2.95. The number of carbonyl (C=O) groups excluding carboxylic acids is 1. The molecule has 1 rings (SSSR count). The number of nitro groups is 1. The summed E-state index contributed by atoms with van der Waals surface area (Å²) in [5.74, 6) is -1.26. The van der Waals surface area contributed by atoms with Gasteiger partial charge in [-0.2, -0.15) is 4.39 Å². The fraction of sp³-hybridized carbons (Fsp3) is 0.125. The Bertz CT molecular complexity index is 435. The van der Waals surface area contributed by atoms with Crippen molar-refractivity contribution in [2.45, 2.75) is 0 Å². The molecule has 80 valence electrons. The minimum absolute atomic E-state index is 0.0619. The molecule has 0 aliphatic heterocycles. The Morgan fingerprint density at radius 1 is 1.67 bits per heavy atom. The lowest BCUT2D eigenvalue weighted by molar-refractivity contribution is -0.387. The quantitative estimate of drug-likeness (QED) is 0.483. The second kappa shape index (κ2) is 4.35. The standard InChI is InChI=1S/C8H5BrFNO4/c1-15-8-4(3-12)7(10)6(11(13)14)2-5(8)9/h2-3H,1H3. The molecule has 0 aromatic heterocycles. The first-order valence-corrected chi connectivity index (χ1v) is 4.47. The van der Waals surface area contributed by atoms with Crippen molar-refractivity contribution in [3.63, 3.8) is 0 Å². The third-order valence-electron chi connectivity index (χ3n) is 1.71. The van der Waals surface area contributed by atoms with Crippen molar-refractivity contribution >= 4 is 27.9 Å². The van der Waals surface area contributed by atoms with Gasteiger partial charge in [0, 0.05) is 6.07 Å². The first-order chi connectivity index (χ1) is 7.02. The molecular formula is C8H5BrFNO4. The average Bonchev–Trinajstić information content (AvgIpc) is 2.19. The van der Waals surface area contributed by atoms with E-state index in [9.17, 15) is 19.3 Å². The van der Waals surface area contributed by atoms with Crippen LogP contribution in [-0.4, -0.2) is 18.3 Å². The number of hydrogen-bond donors (Lipinski definition) is 0. The van der Waals surface area contributed by atoms with Gasteiger partial charge in [-0.1, -0.05) is 0 Å². The minimum Gasteiger partial charge on any atom is -0.495 e. The van der Waals surface area contributed by atoms with Crippen molar-refractivity contribution in [3.8, 4) is 5.75 Å². The SMILES string of the molecule is COc1c(Br)cc([N+](=O)[O-])c(F)c1C=O. The van der Waals surface area contributed by atoms with Crippen LogP contribution in [-0.2, 0) is 0 Å². The summed E-state index contributed by atoms with van der Waals surface area (Å²) in [4.78, 5) is 20.1. The first kappa shape index (κ1) is 11.6. The fourth-order valence-corrected chi connectivity index (χ4v) is 1.65. The molecule has 7 heteroatoms. The first-order valence-electron chi connectivity index (χ1n) is 3.68. The van der Waals surface area contributed by atoms with Crippen LogP contribution < -0.4 is 4.74 Å². The van der Waals surface area contributed by atoms with Crippen LogP contribution in [0.4, 0.5) is 10.1 Å². The number of rotatable bonds is 3. The molecule has 0 bridgehead atoms. The normalized spacial score (nSPS) is 9.80. The molecule has 0 N–H and O–H groups in total. The molecule has 0 fully saturated rings. The van der Waals surface area contributed by atoms with E-state index in [1.54, 1.807) is 0 Å². The van der Waals surface area contributed by atoms with E-state index in [2.05, 4.69) is 15.9 Å². The Hall–Kier alpha value is -1.50. The molecule has 0 unspecified atom stereocenters. The number of hydrogen-bond acceptors (Lipinski definition) is 4. The predicted molar refractivity (Wildman–Crippen MR) is 52.7 cm³/mol. The molecule has 0 heterocycles. The smallest absolute Gasteiger partial charge is 0.306 e. The molecule has 0 spiro atoms. The number of aldehydes is 1. The fourth-order valence-electron chi connectivity index (χ4n) is 1.06. The van der Waals surface area contributed by atoms with E-state index in [1.807, 2.05) is 0 Å². The molecule has 15 heavy (non-hydrogen) atoms. The summed E-state index contributed by atoms with van der Waals surface area (Å²) in [7, 11) is 1.23. The summed E-state index contributed by atoms with van der Waals surface area (Å²) in [5, 5.41) is 10.4.